The van der Waals surface area contributed by atoms with E-state index in [0.29, 0.717) is 18.8 Å². The van der Waals surface area contributed by atoms with E-state index in [-0.39, 0.29) is 17.4 Å². The van der Waals surface area contributed by atoms with Crippen LogP contribution in [0.4, 0.5) is 0 Å². The van der Waals surface area contributed by atoms with Crippen LogP contribution in [0, 0.1) is 17.8 Å². The van der Waals surface area contributed by atoms with Crippen LogP contribution < -0.4 is 11.1 Å². The molecule has 0 unspecified atom stereocenters. The number of rotatable bonds is 8. The van der Waals surface area contributed by atoms with E-state index in [9.17, 15) is 9.59 Å². The Kier molecular flexibility index (Phi) is 7.30. The minimum atomic E-state index is -0.411. The van der Waals surface area contributed by atoms with Crippen LogP contribution in [-0.4, -0.2) is 17.4 Å². The lowest BCUT2D eigenvalue weighted by Gasteiger charge is -2.29. The van der Waals surface area contributed by atoms with Crippen molar-refractivity contribution in [3.8, 4) is 0 Å². The fourth-order valence-corrected chi connectivity index (χ4v) is 3.51. The van der Waals surface area contributed by atoms with Gasteiger partial charge >= 0.3 is 0 Å². The minimum absolute atomic E-state index is 0.0873. The summed E-state index contributed by atoms with van der Waals surface area (Å²) in [6.45, 7) is 11.7. The van der Waals surface area contributed by atoms with Crippen molar-refractivity contribution < 1.29 is 9.59 Å². The van der Waals surface area contributed by atoms with E-state index < -0.39 is 11.8 Å². The van der Waals surface area contributed by atoms with E-state index in [4.69, 9.17) is 5.73 Å². The highest BCUT2D eigenvalue weighted by molar-refractivity contribution is 5.87. The number of nitrogens with two attached hydrogens (primary N) is 1. The Labute approximate surface area is 141 Å². The number of nitrogens with one attached hydrogen (secondary N) is 1. The molecule has 0 aromatic heterocycles. The number of carbonyl (C=O) groups is 2. The summed E-state index contributed by atoms with van der Waals surface area (Å²) in [6, 6.07) is 0. The lowest BCUT2D eigenvalue weighted by Crippen LogP contribution is -2.47. The van der Waals surface area contributed by atoms with Crippen LogP contribution in [0.15, 0.2) is 12.2 Å². The molecule has 0 aromatic rings. The van der Waals surface area contributed by atoms with E-state index in [1.807, 2.05) is 27.7 Å². The zero-order valence-corrected chi connectivity index (χ0v) is 15.3. The molecule has 0 bridgehead atoms. The average molecular weight is 322 g/mol. The first-order valence-electron chi connectivity index (χ1n) is 8.86. The maximum Gasteiger partial charge on any atom is 0.224 e. The molecule has 1 fully saturated rings. The molecule has 2 atom stereocenters. The molecule has 0 aromatic carbocycles. The molecule has 4 heteroatoms. The van der Waals surface area contributed by atoms with Gasteiger partial charge in [0.05, 0.1) is 5.92 Å². The molecule has 1 aliphatic rings. The van der Waals surface area contributed by atoms with Crippen LogP contribution in [0.5, 0.6) is 0 Å². The molecule has 0 saturated heterocycles. The zero-order valence-electron chi connectivity index (χ0n) is 15.3. The molecule has 0 aliphatic heterocycles. The second kappa shape index (κ2) is 8.51. The van der Waals surface area contributed by atoms with Crippen molar-refractivity contribution in [2.75, 3.05) is 0 Å². The van der Waals surface area contributed by atoms with Crippen LogP contribution in [-0.2, 0) is 9.59 Å². The molecule has 2 amide bonds. The molecular formula is C19H34N2O2. The first kappa shape index (κ1) is 19.7. The second-order valence-electron chi connectivity index (χ2n) is 8.24. The van der Waals surface area contributed by atoms with Gasteiger partial charge in [0.25, 0.3) is 0 Å². The number of allylic oxidation sites excluding steroid dienone is 1. The summed E-state index contributed by atoms with van der Waals surface area (Å²) in [5.74, 6) is -0.581. The van der Waals surface area contributed by atoms with Gasteiger partial charge in [-0.25, -0.2) is 0 Å². The van der Waals surface area contributed by atoms with Crippen molar-refractivity contribution in [2.45, 2.75) is 78.2 Å². The first-order valence-corrected chi connectivity index (χ1v) is 8.86. The largest absolute Gasteiger partial charge is 0.369 e. The van der Waals surface area contributed by atoms with Crippen LogP contribution >= 0.6 is 0 Å². The van der Waals surface area contributed by atoms with Gasteiger partial charge in [-0.1, -0.05) is 31.3 Å². The van der Waals surface area contributed by atoms with Gasteiger partial charge in [0, 0.05) is 11.5 Å². The minimum Gasteiger partial charge on any atom is -0.369 e. The number of primary amides is 1. The van der Waals surface area contributed by atoms with Crippen LogP contribution in [0.3, 0.4) is 0 Å². The predicted octanol–water partition coefficient (Wildman–Crippen LogP) is 3.56. The van der Waals surface area contributed by atoms with E-state index in [0.717, 1.165) is 12.0 Å². The van der Waals surface area contributed by atoms with Gasteiger partial charge in [0.2, 0.25) is 11.8 Å². The van der Waals surface area contributed by atoms with Gasteiger partial charge in [-0.3, -0.25) is 9.59 Å². The third kappa shape index (κ3) is 7.19. The summed E-state index contributed by atoms with van der Waals surface area (Å²) in [5, 5.41) is 3.00. The molecule has 0 spiro atoms. The number of hydrogen-bond donors (Lipinski definition) is 2. The van der Waals surface area contributed by atoms with E-state index in [2.05, 4.69) is 11.9 Å². The Balaban J connectivity index is 2.81. The number of hydrogen-bond acceptors (Lipinski definition) is 2. The normalized spacial score (nSPS) is 18.4. The Morgan fingerprint density at radius 2 is 1.78 bits per heavy atom. The summed E-state index contributed by atoms with van der Waals surface area (Å²) in [6.07, 6.45) is 7.26. The molecule has 1 aliphatic carbocycles. The molecular weight excluding hydrogens is 288 g/mol. The van der Waals surface area contributed by atoms with Crippen molar-refractivity contribution in [3.63, 3.8) is 0 Å². The van der Waals surface area contributed by atoms with Gasteiger partial charge in [-0.2, -0.15) is 0 Å². The number of amides is 2. The Morgan fingerprint density at radius 3 is 2.22 bits per heavy atom. The molecule has 23 heavy (non-hydrogen) atoms. The highest BCUT2D eigenvalue weighted by atomic mass is 16.2. The summed E-state index contributed by atoms with van der Waals surface area (Å²) in [7, 11) is 0. The van der Waals surface area contributed by atoms with Crippen molar-refractivity contribution in [3.05, 3.63) is 12.2 Å². The number of carbonyl (C=O) groups excluding carboxylic acids is 2. The zero-order chi connectivity index (χ0) is 17.6. The van der Waals surface area contributed by atoms with Gasteiger partial charge < -0.3 is 11.1 Å². The molecule has 0 heterocycles. The smallest absolute Gasteiger partial charge is 0.224 e. The summed E-state index contributed by atoms with van der Waals surface area (Å²) in [5.41, 5.74) is 6.24. The summed E-state index contributed by atoms with van der Waals surface area (Å²) in [4.78, 5) is 24.7. The summed E-state index contributed by atoms with van der Waals surface area (Å²) < 4.78 is 0. The fraction of sp³-hybridized carbons (Fsp3) is 0.789. The average Bonchev–Trinajstić information content (AvgIpc) is 2.87. The van der Waals surface area contributed by atoms with Crippen molar-refractivity contribution in [1.82, 2.24) is 5.32 Å². The standard InChI is InChI=1S/C19H34N2O2/c1-13(2)12-16(18(23)21-19(3,4)5)15(17(20)22)11-10-14-8-6-7-9-14/h14-16H,1,6-12H2,2-5H3,(H2,20,22)(H,21,23)/t15-,16+/m0/s1. The first-order chi connectivity index (χ1) is 10.6. The molecule has 132 valence electrons. The molecule has 0 radical (unpaired) electrons. The molecule has 4 nitrogen and oxygen atoms in total. The van der Waals surface area contributed by atoms with Crippen LogP contribution in [0.25, 0.3) is 0 Å². The van der Waals surface area contributed by atoms with Crippen LogP contribution in [0.1, 0.15) is 72.6 Å². The molecule has 1 rings (SSSR count). The highest BCUT2D eigenvalue weighted by Gasteiger charge is 2.34. The Morgan fingerprint density at radius 1 is 1.22 bits per heavy atom. The van der Waals surface area contributed by atoms with Gasteiger partial charge in [0.1, 0.15) is 0 Å². The van der Waals surface area contributed by atoms with Crippen LogP contribution in [0.2, 0.25) is 0 Å². The lowest BCUT2D eigenvalue weighted by atomic mass is 9.80. The highest BCUT2D eigenvalue weighted by Crippen LogP contribution is 2.32. The lowest BCUT2D eigenvalue weighted by molar-refractivity contribution is -0.134. The van der Waals surface area contributed by atoms with Gasteiger partial charge in [-0.05, 0) is 52.9 Å². The topological polar surface area (TPSA) is 72.2 Å². The maximum atomic E-state index is 12.7. The van der Waals surface area contributed by atoms with E-state index >= 15 is 0 Å². The molecule has 1 saturated carbocycles. The maximum absolute atomic E-state index is 12.7. The Bertz CT molecular complexity index is 431. The van der Waals surface area contributed by atoms with Crippen molar-refractivity contribution in [1.29, 1.82) is 0 Å². The molecule has 3 N–H and O–H groups in total. The second-order valence-corrected chi connectivity index (χ2v) is 8.24. The van der Waals surface area contributed by atoms with Gasteiger partial charge in [0.15, 0.2) is 0 Å². The monoisotopic (exact) mass is 322 g/mol. The third-order valence-corrected chi connectivity index (χ3v) is 4.62. The summed E-state index contributed by atoms with van der Waals surface area (Å²) >= 11 is 0. The van der Waals surface area contributed by atoms with Gasteiger partial charge in [-0.15, -0.1) is 6.58 Å². The fourth-order valence-electron chi connectivity index (χ4n) is 3.51. The predicted molar refractivity (Wildman–Crippen MR) is 94.7 cm³/mol. The quantitative estimate of drug-likeness (QED) is 0.671. The third-order valence-electron chi connectivity index (χ3n) is 4.62. The van der Waals surface area contributed by atoms with E-state index in [1.165, 1.54) is 25.7 Å². The Hall–Kier alpha value is -1.32. The van der Waals surface area contributed by atoms with E-state index in [1.54, 1.807) is 0 Å². The van der Waals surface area contributed by atoms with Crippen molar-refractivity contribution in [2.24, 2.45) is 23.5 Å². The van der Waals surface area contributed by atoms with Crippen molar-refractivity contribution >= 4 is 11.8 Å². The SMILES string of the molecule is C=C(C)C[C@@H](C(=O)NC(C)(C)C)[C@H](CCC1CCCC1)C(N)=O.